The van der Waals surface area contributed by atoms with Crippen molar-refractivity contribution in [3.05, 3.63) is 63.6 Å². The van der Waals surface area contributed by atoms with Crippen molar-refractivity contribution in [2.45, 2.75) is 27.3 Å². The van der Waals surface area contributed by atoms with Crippen LogP contribution < -0.4 is 5.32 Å². The summed E-state index contributed by atoms with van der Waals surface area (Å²) in [6, 6.07) is 9.38. The van der Waals surface area contributed by atoms with Gasteiger partial charge in [0.1, 0.15) is 0 Å². The number of hydrogen-bond donors (Lipinski definition) is 2. The summed E-state index contributed by atoms with van der Waals surface area (Å²) in [5, 5.41) is 14.8. The van der Waals surface area contributed by atoms with Crippen molar-refractivity contribution < 1.29 is 4.79 Å². The molecule has 2 heterocycles. The van der Waals surface area contributed by atoms with Crippen molar-refractivity contribution in [3.8, 4) is 0 Å². The lowest BCUT2D eigenvalue weighted by Gasteiger charge is -2.07. The van der Waals surface area contributed by atoms with Gasteiger partial charge in [-0.3, -0.25) is 14.6 Å². The Morgan fingerprint density at radius 3 is 2.71 bits per heavy atom. The van der Waals surface area contributed by atoms with Gasteiger partial charge in [0.25, 0.3) is 5.91 Å². The van der Waals surface area contributed by atoms with E-state index in [2.05, 4.69) is 20.6 Å². The molecule has 0 radical (unpaired) electrons. The molecular formula is C17H18ClN5O. The highest BCUT2D eigenvalue weighted by Crippen LogP contribution is 2.20. The number of nitrogens with zero attached hydrogens (tertiary/aromatic N) is 3. The van der Waals surface area contributed by atoms with E-state index in [1.807, 2.05) is 45.0 Å². The third-order valence-corrected chi connectivity index (χ3v) is 4.20. The molecule has 0 saturated heterocycles. The number of aryl methyl sites for hydroxylation is 2. The SMILES string of the molecule is Cc1cc(NC(=O)c2c(C)nn(Cc3ccccc3Cl)c2C)n[nH]1. The molecule has 1 amide bonds. The molecule has 2 aromatic heterocycles. The van der Waals surface area contributed by atoms with Crippen molar-refractivity contribution in [3.63, 3.8) is 0 Å². The number of rotatable bonds is 4. The second kappa shape index (κ2) is 6.49. The van der Waals surface area contributed by atoms with Gasteiger partial charge in [-0.15, -0.1) is 0 Å². The number of carbonyl (C=O) groups excluding carboxylic acids is 1. The van der Waals surface area contributed by atoms with Crippen LogP contribution in [0.4, 0.5) is 5.82 Å². The number of aromatic amines is 1. The maximum Gasteiger partial charge on any atom is 0.260 e. The largest absolute Gasteiger partial charge is 0.305 e. The first-order chi connectivity index (χ1) is 11.5. The minimum Gasteiger partial charge on any atom is -0.305 e. The minimum atomic E-state index is -0.220. The van der Waals surface area contributed by atoms with Crippen LogP contribution in [0.1, 0.15) is 33.0 Å². The van der Waals surface area contributed by atoms with E-state index < -0.39 is 0 Å². The molecule has 124 valence electrons. The van der Waals surface area contributed by atoms with Crippen molar-refractivity contribution in [1.82, 2.24) is 20.0 Å². The lowest BCUT2D eigenvalue weighted by atomic mass is 10.1. The first kappa shape index (κ1) is 16.3. The summed E-state index contributed by atoms with van der Waals surface area (Å²) < 4.78 is 1.79. The maximum absolute atomic E-state index is 12.6. The van der Waals surface area contributed by atoms with E-state index in [1.54, 1.807) is 10.7 Å². The summed E-state index contributed by atoms with van der Waals surface area (Å²) in [6.45, 7) is 6.09. The van der Waals surface area contributed by atoms with Crippen LogP contribution in [0.25, 0.3) is 0 Å². The second-order valence-corrected chi connectivity index (χ2v) is 6.09. The number of benzene rings is 1. The topological polar surface area (TPSA) is 75.6 Å². The van der Waals surface area contributed by atoms with E-state index >= 15 is 0 Å². The van der Waals surface area contributed by atoms with Crippen LogP contribution in [-0.4, -0.2) is 25.9 Å². The smallest absolute Gasteiger partial charge is 0.260 e. The Balaban J connectivity index is 1.86. The Morgan fingerprint density at radius 2 is 2.04 bits per heavy atom. The van der Waals surface area contributed by atoms with Gasteiger partial charge in [-0.25, -0.2) is 0 Å². The van der Waals surface area contributed by atoms with Crippen LogP contribution in [-0.2, 0) is 6.54 Å². The average Bonchev–Trinajstić information content (AvgIpc) is 3.05. The summed E-state index contributed by atoms with van der Waals surface area (Å²) in [6.07, 6.45) is 0. The fourth-order valence-electron chi connectivity index (χ4n) is 2.63. The van der Waals surface area contributed by atoms with Crippen LogP contribution in [0.2, 0.25) is 5.02 Å². The van der Waals surface area contributed by atoms with Gasteiger partial charge >= 0.3 is 0 Å². The summed E-state index contributed by atoms with van der Waals surface area (Å²) >= 11 is 6.21. The monoisotopic (exact) mass is 343 g/mol. The molecule has 0 fully saturated rings. The van der Waals surface area contributed by atoms with E-state index in [-0.39, 0.29) is 5.91 Å². The highest BCUT2D eigenvalue weighted by Gasteiger charge is 2.20. The van der Waals surface area contributed by atoms with Gasteiger partial charge in [0.15, 0.2) is 5.82 Å². The molecule has 3 rings (SSSR count). The number of nitrogens with one attached hydrogen (secondary N) is 2. The molecule has 0 aliphatic carbocycles. The van der Waals surface area contributed by atoms with Gasteiger partial charge in [0, 0.05) is 22.5 Å². The van der Waals surface area contributed by atoms with Crippen LogP contribution in [0.15, 0.2) is 30.3 Å². The zero-order valence-electron chi connectivity index (χ0n) is 13.7. The Morgan fingerprint density at radius 1 is 1.29 bits per heavy atom. The Bertz CT molecular complexity index is 896. The first-order valence-electron chi connectivity index (χ1n) is 7.56. The van der Waals surface area contributed by atoms with Gasteiger partial charge < -0.3 is 5.32 Å². The second-order valence-electron chi connectivity index (χ2n) is 5.69. The quantitative estimate of drug-likeness (QED) is 0.761. The summed E-state index contributed by atoms with van der Waals surface area (Å²) in [5.74, 6) is 0.275. The zero-order valence-corrected chi connectivity index (χ0v) is 14.5. The molecule has 1 aromatic carbocycles. The van der Waals surface area contributed by atoms with Crippen molar-refractivity contribution >= 4 is 23.3 Å². The summed E-state index contributed by atoms with van der Waals surface area (Å²) in [7, 11) is 0. The van der Waals surface area contributed by atoms with E-state index in [0.29, 0.717) is 28.6 Å². The van der Waals surface area contributed by atoms with Crippen molar-refractivity contribution in [2.75, 3.05) is 5.32 Å². The average molecular weight is 344 g/mol. The third-order valence-electron chi connectivity index (χ3n) is 3.83. The van der Waals surface area contributed by atoms with E-state index in [9.17, 15) is 4.79 Å². The fourth-order valence-corrected chi connectivity index (χ4v) is 2.82. The van der Waals surface area contributed by atoms with Gasteiger partial charge in [-0.1, -0.05) is 29.8 Å². The van der Waals surface area contributed by atoms with Gasteiger partial charge in [-0.2, -0.15) is 10.2 Å². The molecule has 0 atom stereocenters. The predicted molar refractivity (Wildman–Crippen MR) is 93.5 cm³/mol. The molecule has 24 heavy (non-hydrogen) atoms. The van der Waals surface area contributed by atoms with E-state index in [4.69, 9.17) is 11.6 Å². The molecular weight excluding hydrogens is 326 g/mol. The molecule has 2 N–H and O–H groups in total. The molecule has 0 unspecified atom stereocenters. The number of hydrogen-bond acceptors (Lipinski definition) is 3. The van der Waals surface area contributed by atoms with Crippen molar-refractivity contribution in [1.29, 1.82) is 0 Å². The molecule has 3 aromatic rings. The molecule has 0 bridgehead atoms. The first-order valence-corrected chi connectivity index (χ1v) is 7.94. The number of halogens is 1. The highest BCUT2D eigenvalue weighted by molar-refractivity contribution is 6.31. The Hall–Kier alpha value is -2.60. The molecule has 0 aliphatic heterocycles. The molecule has 0 saturated carbocycles. The summed E-state index contributed by atoms with van der Waals surface area (Å²) in [5.41, 5.74) is 3.86. The molecule has 0 spiro atoms. The van der Waals surface area contributed by atoms with E-state index in [1.165, 1.54) is 0 Å². The van der Waals surface area contributed by atoms with Crippen LogP contribution in [0, 0.1) is 20.8 Å². The zero-order chi connectivity index (χ0) is 17.3. The van der Waals surface area contributed by atoms with Crippen LogP contribution in [0.3, 0.4) is 0 Å². The predicted octanol–water partition coefficient (Wildman–Crippen LogP) is 3.49. The van der Waals surface area contributed by atoms with Crippen molar-refractivity contribution in [2.24, 2.45) is 0 Å². The maximum atomic E-state index is 12.6. The molecule has 7 heteroatoms. The van der Waals surface area contributed by atoms with Gasteiger partial charge in [0.05, 0.1) is 17.8 Å². The Labute approximate surface area is 144 Å². The lowest BCUT2D eigenvalue weighted by Crippen LogP contribution is -2.14. The highest BCUT2D eigenvalue weighted by atomic mass is 35.5. The van der Waals surface area contributed by atoms with Gasteiger partial charge in [-0.05, 0) is 32.4 Å². The molecule has 6 nitrogen and oxygen atoms in total. The standard InChI is InChI=1S/C17H18ClN5O/c1-10-8-15(21-20-10)19-17(24)16-11(2)22-23(12(16)3)9-13-6-4-5-7-14(13)18/h4-8H,9H2,1-3H3,(H2,19,20,21,24). The van der Waals surface area contributed by atoms with E-state index in [0.717, 1.165) is 17.0 Å². The fraction of sp³-hybridized carbons (Fsp3) is 0.235. The minimum absolute atomic E-state index is 0.220. The van der Waals surface area contributed by atoms with Crippen LogP contribution in [0.5, 0.6) is 0 Å². The Kier molecular flexibility index (Phi) is 4.40. The number of aromatic nitrogens is 4. The number of carbonyl (C=O) groups is 1. The normalized spacial score (nSPS) is 10.8. The molecule has 0 aliphatic rings. The number of H-pyrrole nitrogens is 1. The lowest BCUT2D eigenvalue weighted by molar-refractivity contribution is 0.102. The van der Waals surface area contributed by atoms with Crippen LogP contribution >= 0.6 is 11.6 Å². The number of amides is 1. The van der Waals surface area contributed by atoms with Gasteiger partial charge in [0.2, 0.25) is 0 Å². The third kappa shape index (κ3) is 3.19. The summed E-state index contributed by atoms with van der Waals surface area (Å²) in [4.78, 5) is 12.6. The number of anilines is 1.